The summed E-state index contributed by atoms with van der Waals surface area (Å²) in [6.07, 6.45) is 22.4. The summed E-state index contributed by atoms with van der Waals surface area (Å²) in [4.78, 5) is 25.4. The van der Waals surface area contributed by atoms with E-state index in [1.807, 2.05) is 0 Å². The number of esters is 2. The number of benzene rings is 3. The summed E-state index contributed by atoms with van der Waals surface area (Å²) in [5, 5.41) is 0. The third-order valence-corrected chi connectivity index (χ3v) is 8.51. The highest BCUT2D eigenvalue weighted by molar-refractivity contribution is 5.94. The van der Waals surface area contributed by atoms with Crippen LogP contribution in [0.2, 0.25) is 0 Å². The van der Waals surface area contributed by atoms with Crippen LogP contribution in [0.5, 0.6) is 11.5 Å². The highest BCUT2D eigenvalue weighted by atomic mass is 16.5. The molecule has 3 aromatic carbocycles. The van der Waals surface area contributed by atoms with E-state index in [9.17, 15) is 9.59 Å². The average molecular weight is 695 g/mol. The van der Waals surface area contributed by atoms with Crippen molar-refractivity contribution in [3.8, 4) is 58.9 Å². The SMILES string of the molecule is CCCCCCCCCCC#CC#Cc1ccc(OC(=O)c2ccc(C(=O)Oc3ccc(C#CC#CCCCCCCCCCC)cc3)cc2)cc1. The lowest BCUT2D eigenvalue weighted by Crippen LogP contribution is -2.11. The van der Waals surface area contributed by atoms with Crippen molar-refractivity contribution in [3.63, 3.8) is 0 Å². The first-order valence-electron chi connectivity index (χ1n) is 19.3. The first-order valence-corrected chi connectivity index (χ1v) is 19.3. The van der Waals surface area contributed by atoms with Crippen molar-refractivity contribution in [1.29, 1.82) is 0 Å². The quantitative estimate of drug-likeness (QED) is 0.0511. The summed E-state index contributed by atoms with van der Waals surface area (Å²) < 4.78 is 11.0. The molecule has 0 aromatic heterocycles. The van der Waals surface area contributed by atoms with E-state index in [-0.39, 0.29) is 0 Å². The van der Waals surface area contributed by atoms with E-state index >= 15 is 0 Å². The molecule has 52 heavy (non-hydrogen) atoms. The second-order valence-corrected chi connectivity index (χ2v) is 13.0. The van der Waals surface area contributed by atoms with Crippen molar-refractivity contribution >= 4 is 11.9 Å². The van der Waals surface area contributed by atoms with E-state index in [0.717, 1.165) is 36.8 Å². The van der Waals surface area contributed by atoms with Gasteiger partial charge in [-0.25, -0.2) is 9.59 Å². The van der Waals surface area contributed by atoms with E-state index in [0.29, 0.717) is 22.6 Å². The largest absolute Gasteiger partial charge is 0.423 e. The maximum Gasteiger partial charge on any atom is 0.343 e. The number of hydrogen-bond acceptors (Lipinski definition) is 4. The van der Waals surface area contributed by atoms with Gasteiger partial charge in [0.15, 0.2) is 0 Å². The molecule has 0 aliphatic heterocycles. The second kappa shape index (κ2) is 26.6. The van der Waals surface area contributed by atoms with E-state index in [1.54, 1.807) is 72.8 Å². The Morgan fingerprint density at radius 1 is 0.423 bits per heavy atom. The Bertz CT molecular complexity index is 1600. The fourth-order valence-electron chi connectivity index (χ4n) is 5.40. The Morgan fingerprint density at radius 2 is 0.750 bits per heavy atom. The van der Waals surface area contributed by atoms with Gasteiger partial charge in [-0.1, -0.05) is 127 Å². The zero-order valence-electron chi connectivity index (χ0n) is 31.3. The summed E-state index contributed by atoms with van der Waals surface area (Å²) in [6.45, 7) is 4.49. The maximum atomic E-state index is 12.7. The fourth-order valence-corrected chi connectivity index (χ4v) is 5.40. The van der Waals surface area contributed by atoms with Crippen molar-refractivity contribution in [2.45, 2.75) is 129 Å². The van der Waals surface area contributed by atoms with Gasteiger partial charge in [0.25, 0.3) is 0 Å². The van der Waals surface area contributed by atoms with E-state index in [1.165, 1.54) is 89.9 Å². The molecule has 0 heterocycles. The van der Waals surface area contributed by atoms with Gasteiger partial charge >= 0.3 is 11.9 Å². The minimum absolute atomic E-state index is 0.316. The van der Waals surface area contributed by atoms with Crippen LogP contribution in [0.1, 0.15) is 161 Å². The lowest BCUT2D eigenvalue weighted by atomic mass is 10.1. The minimum atomic E-state index is -0.528. The summed E-state index contributed by atoms with van der Waals surface area (Å²) in [7, 11) is 0. The zero-order chi connectivity index (χ0) is 36.9. The van der Waals surface area contributed by atoms with Crippen LogP contribution in [-0.4, -0.2) is 11.9 Å². The van der Waals surface area contributed by atoms with Crippen LogP contribution in [-0.2, 0) is 0 Å². The Morgan fingerprint density at radius 3 is 1.10 bits per heavy atom. The lowest BCUT2D eigenvalue weighted by molar-refractivity contribution is 0.0720. The van der Waals surface area contributed by atoms with Crippen molar-refractivity contribution in [1.82, 2.24) is 0 Å². The van der Waals surface area contributed by atoms with Gasteiger partial charge in [0, 0.05) is 24.0 Å². The molecule has 0 bridgehead atoms. The highest BCUT2D eigenvalue weighted by Gasteiger charge is 2.13. The van der Waals surface area contributed by atoms with E-state index in [2.05, 4.69) is 61.2 Å². The molecule has 0 aliphatic carbocycles. The smallest absolute Gasteiger partial charge is 0.343 e. The van der Waals surface area contributed by atoms with E-state index < -0.39 is 11.9 Å². The molecule has 0 N–H and O–H groups in total. The summed E-state index contributed by atoms with van der Waals surface area (Å²) in [6, 6.07) is 20.1. The van der Waals surface area contributed by atoms with Gasteiger partial charge in [0.2, 0.25) is 0 Å². The maximum absolute atomic E-state index is 12.7. The highest BCUT2D eigenvalue weighted by Crippen LogP contribution is 2.17. The van der Waals surface area contributed by atoms with Crippen LogP contribution < -0.4 is 9.47 Å². The van der Waals surface area contributed by atoms with Crippen LogP contribution in [0.4, 0.5) is 0 Å². The van der Waals surface area contributed by atoms with Crippen LogP contribution in [0, 0.1) is 47.4 Å². The summed E-state index contributed by atoms with van der Waals surface area (Å²) in [5.74, 6) is 23.7. The molecule has 0 unspecified atom stereocenters. The van der Waals surface area contributed by atoms with Gasteiger partial charge in [-0.15, -0.1) is 0 Å². The molecule has 0 amide bonds. The second-order valence-electron chi connectivity index (χ2n) is 13.0. The average Bonchev–Trinajstić information content (AvgIpc) is 3.17. The molecule has 4 heteroatoms. The molecular formula is C48H54O4. The standard InChI is InChI=1S/C48H54O4/c1-3-5-7-9-11-13-15-17-19-21-23-25-27-41-29-37-45(38-30-41)51-47(49)43-33-35-44(36-34-43)48(50)52-46-39-31-42(32-40-46)28-26-24-22-20-18-16-14-12-10-8-6-4-2/h29-40H,3-20H2,1-2H3. The Labute approximate surface area is 313 Å². The molecule has 4 nitrogen and oxygen atoms in total. The molecule has 3 aromatic rings. The Balaban J connectivity index is 1.35. The van der Waals surface area contributed by atoms with Crippen molar-refractivity contribution in [2.75, 3.05) is 0 Å². The van der Waals surface area contributed by atoms with Gasteiger partial charge in [-0.3, -0.25) is 0 Å². The molecule has 0 fully saturated rings. The van der Waals surface area contributed by atoms with Crippen molar-refractivity contribution in [2.24, 2.45) is 0 Å². The van der Waals surface area contributed by atoms with Gasteiger partial charge in [-0.2, -0.15) is 0 Å². The molecular weight excluding hydrogens is 641 g/mol. The molecule has 0 spiro atoms. The third-order valence-electron chi connectivity index (χ3n) is 8.51. The van der Waals surface area contributed by atoms with Gasteiger partial charge in [0.1, 0.15) is 11.5 Å². The summed E-state index contributed by atoms with van der Waals surface area (Å²) >= 11 is 0. The number of carbonyl (C=O) groups excluding carboxylic acids is 2. The first kappa shape index (κ1) is 41.3. The van der Waals surface area contributed by atoms with Crippen molar-refractivity contribution in [3.05, 3.63) is 95.1 Å². The van der Waals surface area contributed by atoms with Crippen LogP contribution in [0.15, 0.2) is 72.8 Å². The fraction of sp³-hybridized carbons (Fsp3) is 0.417. The minimum Gasteiger partial charge on any atom is -0.423 e. The molecule has 0 atom stereocenters. The van der Waals surface area contributed by atoms with Crippen LogP contribution in [0.25, 0.3) is 0 Å². The van der Waals surface area contributed by atoms with E-state index in [4.69, 9.17) is 9.47 Å². The number of carbonyl (C=O) groups is 2. The van der Waals surface area contributed by atoms with Crippen molar-refractivity contribution < 1.29 is 19.1 Å². The molecule has 3 rings (SSSR count). The van der Waals surface area contributed by atoms with Gasteiger partial charge in [-0.05, 0) is 109 Å². The molecule has 0 radical (unpaired) electrons. The summed E-state index contributed by atoms with van der Waals surface area (Å²) in [5.41, 5.74) is 2.22. The Kier molecular flexibility index (Phi) is 21.1. The van der Waals surface area contributed by atoms with Gasteiger partial charge < -0.3 is 9.47 Å². The monoisotopic (exact) mass is 694 g/mol. The molecule has 0 aliphatic rings. The lowest BCUT2D eigenvalue weighted by Gasteiger charge is -2.06. The predicted octanol–water partition coefficient (Wildman–Crippen LogP) is 11.9. The molecule has 0 saturated heterocycles. The predicted molar refractivity (Wildman–Crippen MR) is 213 cm³/mol. The Hall–Kier alpha value is -5.16. The van der Waals surface area contributed by atoms with Crippen LogP contribution >= 0.6 is 0 Å². The topological polar surface area (TPSA) is 52.6 Å². The normalized spacial score (nSPS) is 9.88. The number of hydrogen-bond donors (Lipinski definition) is 0. The first-order chi connectivity index (χ1) is 25.6. The molecule has 270 valence electrons. The number of unbranched alkanes of at least 4 members (excludes halogenated alkanes) is 16. The van der Waals surface area contributed by atoms with Crippen LogP contribution in [0.3, 0.4) is 0 Å². The number of ether oxygens (including phenoxy) is 2. The molecule has 0 saturated carbocycles. The zero-order valence-corrected chi connectivity index (χ0v) is 31.3. The van der Waals surface area contributed by atoms with Gasteiger partial charge in [0.05, 0.1) is 11.1 Å². The third kappa shape index (κ3) is 18.2. The number of rotatable bonds is 20.